The van der Waals surface area contributed by atoms with E-state index in [-0.39, 0.29) is 50.0 Å². The molecule has 0 aliphatic heterocycles. The van der Waals surface area contributed by atoms with E-state index in [1.807, 2.05) is 20.8 Å². The number of aromatic hydroxyl groups is 4. The molecule has 0 fully saturated rings. The number of nitrogens with one attached hydrogen (secondary N) is 4. The zero-order valence-electron chi connectivity index (χ0n) is 60.1. The number of pyridine rings is 4. The maximum Gasteiger partial charge on any atom is 0.490 e. The molecule has 0 saturated carbocycles. The van der Waals surface area contributed by atoms with Crippen LogP contribution in [0, 0.1) is 11.6 Å². The number of carbonyl (C=O) groups is 3. The lowest BCUT2D eigenvalue weighted by molar-refractivity contribution is -0.193. The van der Waals surface area contributed by atoms with Crippen molar-refractivity contribution in [3.8, 4) is 103 Å². The first-order valence-electron chi connectivity index (χ1n) is 31.1. The van der Waals surface area contributed by atoms with Crippen LogP contribution < -0.4 is 59.6 Å². The Hall–Kier alpha value is -13.6. The molecule has 0 spiro atoms. The number of benzene rings is 7. The Balaban J connectivity index is 0.000000248. The maximum atomic E-state index is 13.1. The van der Waals surface area contributed by atoms with Crippen LogP contribution in [-0.4, -0.2) is 149 Å². The van der Waals surface area contributed by atoms with E-state index in [1.165, 1.54) is 142 Å². The van der Waals surface area contributed by atoms with Crippen LogP contribution >= 0.6 is 0 Å². The molecule has 26 nitrogen and oxygen atoms in total. The summed E-state index contributed by atoms with van der Waals surface area (Å²) in [7, 11) is 11.8. The number of methoxy groups -OCH3 is 8. The summed E-state index contributed by atoms with van der Waals surface area (Å²) in [5, 5.41) is 63.2. The van der Waals surface area contributed by atoms with Gasteiger partial charge in [0.1, 0.15) is 11.6 Å². The highest BCUT2D eigenvalue weighted by Crippen LogP contribution is 2.40. The summed E-state index contributed by atoms with van der Waals surface area (Å²) in [4.78, 5) is 88.3. The predicted molar refractivity (Wildman–Crippen MR) is 378 cm³/mol. The average molecular weight is 1620 g/mol. The Morgan fingerprint density at radius 1 is 0.319 bits per heavy atom. The Bertz CT molecular complexity index is 5310. The largest absolute Gasteiger partial charge is 0.503 e. The van der Waals surface area contributed by atoms with Crippen molar-refractivity contribution in [2.45, 2.75) is 50.9 Å². The van der Waals surface area contributed by atoms with Crippen LogP contribution in [0.5, 0.6) is 69.0 Å². The van der Waals surface area contributed by atoms with Gasteiger partial charge in [-0.25, -0.2) is 23.2 Å². The quantitative estimate of drug-likeness (QED) is 0.0536. The fraction of sp³-hybridized carbons (Fsp3) is 0.219. The van der Waals surface area contributed by atoms with Crippen molar-refractivity contribution < 1.29 is 149 Å². The molecule has 0 aliphatic rings. The minimum absolute atomic E-state index is 0.0171. The highest BCUT2D eigenvalue weighted by Gasteiger charge is 2.40. The number of H-pyrrole nitrogens is 4. The fourth-order valence-corrected chi connectivity index (χ4v) is 9.65. The lowest BCUT2D eigenvalue weighted by Gasteiger charge is -2.20. The van der Waals surface area contributed by atoms with Gasteiger partial charge in [-0.1, -0.05) is 32.9 Å². The molecule has 0 atom stereocenters. The van der Waals surface area contributed by atoms with Crippen molar-refractivity contribution in [3.05, 3.63) is 185 Å². The van der Waals surface area contributed by atoms with Gasteiger partial charge in [0.15, 0.2) is 69.0 Å². The number of rotatable bonds is 11. The summed E-state index contributed by atoms with van der Waals surface area (Å²) in [5.41, 5.74) is 0.734. The van der Waals surface area contributed by atoms with Gasteiger partial charge in [-0.3, -0.25) is 19.2 Å². The Kier molecular flexibility index (Phi) is 29.3. The van der Waals surface area contributed by atoms with Crippen molar-refractivity contribution in [3.63, 3.8) is 0 Å². The molecule has 40 heteroatoms. The minimum atomic E-state index is -5.08. The van der Waals surface area contributed by atoms with Gasteiger partial charge in [0.25, 0.3) is 0 Å². The van der Waals surface area contributed by atoms with Crippen LogP contribution in [0.1, 0.15) is 32.0 Å². The zero-order chi connectivity index (χ0) is 85.5. The Labute approximate surface area is 624 Å². The summed E-state index contributed by atoms with van der Waals surface area (Å²) < 4.78 is 201. The first-order chi connectivity index (χ1) is 52.5. The van der Waals surface area contributed by atoms with Gasteiger partial charge in [0.2, 0.25) is 21.7 Å². The Morgan fingerprint density at radius 3 is 0.708 bits per heavy atom. The van der Waals surface area contributed by atoms with E-state index in [2.05, 4.69) is 19.9 Å². The predicted octanol–water partition coefficient (Wildman–Crippen LogP) is 14.5. The second-order valence-corrected chi connectivity index (χ2v) is 23.5. The summed E-state index contributed by atoms with van der Waals surface area (Å²) in [6.07, 6.45) is -19.7. The molecule has 7 aromatic carbocycles. The van der Waals surface area contributed by atoms with E-state index in [0.29, 0.717) is 90.3 Å². The van der Waals surface area contributed by atoms with E-state index in [4.69, 9.17) is 67.6 Å². The first-order valence-corrected chi connectivity index (χ1v) is 31.1. The van der Waals surface area contributed by atoms with Gasteiger partial charge in [0.05, 0.1) is 129 Å². The van der Waals surface area contributed by atoms with Crippen LogP contribution in [0.4, 0.5) is 61.5 Å². The summed E-state index contributed by atoms with van der Waals surface area (Å²) in [6.45, 7) is 5.76. The molecule has 0 radical (unpaired) electrons. The average Bonchev–Trinajstić information content (AvgIpc) is 0.793. The third-order valence-corrected chi connectivity index (χ3v) is 15.2. The molecule has 0 saturated heterocycles. The highest BCUT2D eigenvalue weighted by molar-refractivity contribution is 5.91. The maximum absolute atomic E-state index is 13.1. The highest BCUT2D eigenvalue weighted by atomic mass is 19.4. The lowest BCUT2D eigenvalue weighted by Crippen LogP contribution is -2.21. The number of alkyl halides is 12. The Morgan fingerprint density at radius 2 is 0.513 bits per heavy atom. The van der Waals surface area contributed by atoms with Crippen molar-refractivity contribution >= 4 is 61.5 Å². The van der Waals surface area contributed by atoms with Crippen molar-refractivity contribution in [2.24, 2.45) is 0 Å². The molecule has 11 rings (SSSR count). The summed E-state index contributed by atoms with van der Waals surface area (Å²) in [6, 6.07) is 27.5. The summed E-state index contributed by atoms with van der Waals surface area (Å²) in [5.74, 6) is -7.45. The van der Waals surface area contributed by atoms with Crippen LogP contribution in [0.3, 0.4) is 0 Å². The third kappa shape index (κ3) is 22.3. The minimum Gasteiger partial charge on any atom is -0.503 e. The number of carboxylic acids is 3. The van der Waals surface area contributed by atoms with Crippen molar-refractivity contribution in [1.82, 2.24) is 19.9 Å². The van der Waals surface area contributed by atoms with Crippen molar-refractivity contribution in [1.29, 1.82) is 0 Å². The number of aliphatic carboxylic acids is 3. The van der Waals surface area contributed by atoms with Crippen LogP contribution in [0.2, 0.25) is 0 Å². The van der Waals surface area contributed by atoms with Crippen LogP contribution in [-0.2, 0) is 26.0 Å². The number of fused-ring (bicyclic) bond motifs is 4. The van der Waals surface area contributed by atoms with E-state index in [0.717, 1.165) is 12.1 Å². The number of hydrogen-bond acceptors (Lipinski definition) is 19. The normalized spacial score (nSPS) is 11.2. The van der Waals surface area contributed by atoms with Gasteiger partial charge in [-0.05, 0) is 84.9 Å². The molecular weight excluding hydrogens is 1550 g/mol. The van der Waals surface area contributed by atoms with Crippen LogP contribution in [0.25, 0.3) is 77.4 Å². The molecule has 4 heterocycles. The van der Waals surface area contributed by atoms with E-state index < -0.39 is 98.8 Å². The second kappa shape index (κ2) is 36.7. The molecule has 0 amide bonds. The zero-order valence-corrected chi connectivity index (χ0v) is 60.1. The first kappa shape index (κ1) is 90.0. The molecule has 0 aliphatic carbocycles. The second-order valence-electron chi connectivity index (χ2n) is 23.5. The molecule has 11 aromatic rings. The topological polar surface area (TPSA) is 398 Å². The third-order valence-electron chi connectivity index (χ3n) is 15.2. The molecular formula is C73H64F14N4O22. The number of halogens is 14. The van der Waals surface area contributed by atoms with E-state index >= 15 is 0 Å². The standard InChI is InChI=1S/C18H14F3NO4.2C17H14FNO4.C15H19NO4.3C2HF3O2/c1-25-13-7-11-12(8-14(13)26-2)22-15(17(24)16(11)23)9-3-5-10(6-4-9)18(19,20)21;2*1-22-13-7-11-12(8-14(13)23-2)19-15(17(21)16(11)20)9-3-5-10(18)6-4-9;1-15(2,3)14-13(18)12(17)8-6-10(19-4)11(20-5)7-9(8)16-14;3*3-2(4,5)1(6)7/h3-8,24H,1-2H3,(H,22,23);2*3-8,21H,1-2H3,(H,19,20);6-7,18H,1-5H3,(H,16,17);3*(H,6,7). The smallest absolute Gasteiger partial charge is 0.490 e. The van der Waals surface area contributed by atoms with Gasteiger partial charge in [-0.15, -0.1) is 0 Å². The van der Waals surface area contributed by atoms with Gasteiger partial charge in [0, 0.05) is 46.4 Å². The fourth-order valence-electron chi connectivity index (χ4n) is 9.65. The van der Waals surface area contributed by atoms with Crippen LogP contribution in [0.15, 0.2) is 141 Å². The van der Waals surface area contributed by atoms with E-state index in [9.17, 15) is 101 Å². The monoisotopic (exact) mass is 1610 g/mol. The molecule has 11 N–H and O–H groups in total. The van der Waals surface area contributed by atoms with E-state index in [1.54, 1.807) is 24.3 Å². The molecule has 0 unspecified atom stereocenters. The van der Waals surface area contributed by atoms with Crippen molar-refractivity contribution in [2.75, 3.05) is 56.9 Å². The molecule has 4 aromatic heterocycles. The molecule has 0 bridgehead atoms. The van der Waals surface area contributed by atoms with Gasteiger partial charge >= 0.3 is 42.6 Å². The SMILES string of the molecule is COc1cc2[nH]c(-c3ccc(C(F)(F)F)cc3)c(O)c(=O)c2cc1OC.COc1cc2[nH]c(-c3ccc(F)cc3)c(O)c(=O)c2cc1OC.COc1cc2[nH]c(-c3ccc(F)cc3)c(O)c(=O)c2cc1OC.COc1cc2[nH]c(C(C)(C)C)c(O)c(=O)c2cc1OC.O=C(O)C(F)(F)F.O=C(O)C(F)(F)F.O=C(O)C(F)(F)F. The number of aromatic amines is 4. The summed E-state index contributed by atoms with van der Waals surface area (Å²) >= 11 is 0. The molecule has 606 valence electrons. The number of aromatic nitrogens is 4. The van der Waals surface area contributed by atoms with Gasteiger partial charge in [-0.2, -0.15) is 52.7 Å². The lowest BCUT2D eigenvalue weighted by atomic mass is 9.90. The molecule has 113 heavy (non-hydrogen) atoms. The number of ether oxygens (including phenoxy) is 8. The number of hydrogen-bond donors (Lipinski definition) is 11. The van der Waals surface area contributed by atoms with Gasteiger partial charge < -0.3 is 93.6 Å². The number of carboxylic acid groups (broad SMARTS) is 3.